The zero-order valence-corrected chi connectivity index (χ0v) is 13.9. The number of hydrogen-bond acceptors (Lipinski definition) is 4. The molecule has 0 saturated heterocycles. The standard InChI is InChI=1S/C18H23N5O/c1-2-3-14-4-6-15(7-5-14)16-12-18(23(22-16)10-11-24)21-13-17-19-8-9-20-17/h4-9,12,21,24H,2-3,10-11,13H2,1H3,(H,19,20). The Kier molecular flexibility index (Phi) is 5.28. The van der Waals surface area contributed by atoms with E-state index in [1.54, 1.807) is 17.1 Å². The van der Waals surface area contributed by atoms with Crippen molar-refractivity contribution in [3.8, 4) is 11.3 Å². The van der Waals surface area contributed by atoms with Crippen LogP contribution in [-0.2, 0) is 19.5 Å². The van der Waals surface area contributed by atoms with Gasteiger partial charge in [-0.1, -0.05) is 37.6 Å². The minimum atomic E-state index is 0.0476. The zero-order chi connectivity index (χ0) is 16.8. The minimum absolute atomic E-state index is 0.0476. The van der Waals surface area contributed by atoms with Gasteiger partial charge in [-0.15, -0.1) is 0 Å². The highest BCUT2D eigenvalue weighted by Gasteiger charge is 2.10. The summed E-state index contributed by atoms with van der Waals surface area (Å²) in [6.07, 6.45) is 5.76. The molecule has 0 bridgehead atoms. The molecule has 0 spiro atoms. The second-order valence-corrected chi connectivity index (χ2v) is 5.70. The van der Waals surface area contributed by atoms with Gasteiger partial charge in [-0.25, -0.2) is 9.67 Å². The van der Waals surface area contributed by atoms with Gasteiger partial charge in [0.15, 0.2) is 0 Å². The van der Waals surface area contributed by atoms with Crippen molar-refractivity contribution in [2.75, 3.05) is 11.9 Å². The fourth-order valence-corrected chi connectivity index (χ4v) is 2.67. The molecule has 0 fully saturated rings. The summed E-state index contributed by atoms with van der Waals surface area (Å²) in [7, 11) is 0. The van der Waals surface area contributed by atoms with Crippen molar-refractivity contribution in [2.24, 2.45) is 0 Å². The van der Waals surface area contributed by atoms with Crippen molar-refractivity contribution in [1.29, 1.82) is 0 Å². The van der Waals surface area contributed by atoms with Crippen LogP contribution in [0.5, 0.6) is 0 Å². The highest BCUT2D eigenvalue weighted by atomic mass is 16.3. The van der Waals surface area contributed by atoms with E-state index in [1.165, 1.54) is 5.56 Å². The SMILES string of the molecule is CCCc1ccc(-c2cc(NCc3ncc[nH]3)n(CCO)n2)cc1. The van der Waals surface area contributed by atoms with Crippen LogP contribution in [0.15, 0.2) is 42.7 Å². The van der Waals surface area contributed by atoms with Gasteiger partial charge >= 0.3 is 0 Å². The van der Waals surface area contributed by atoms with E-state index < -0.39 is 0 Å². The summed E-state index contributed by atoms with van der Waals surface area (Å²) in [5.74, 6) is 1.73. The molecule has 2 aromatic heterocycles. The molecule has 3 N–H and O–H groups in total. The monoisotopic (exact) mass is 325 g/mol. The maximum absolute atomic E-state index is 9.26. The van der Waals surface area contributed by atoms with Crippen LogP contribution in [0.4, 0.5) is 5.82 Å². The molecule has 6 heteroatoms. The van der Waals surface area contributed by atoms with Crippen molar-refractivity contribution in [3.63, 3.8) is 0 Å². The maximum atomic E-state index is 9.26. The normalized spacial score (nSPS) is 10.9. The van der Waals surface area contributed by atoms with E-state index in [1.807, 2.05) is 6.07 Å². The molecule has 126 valence electrons. The van der Waals surface area contributed by atoms with E-state index in [0.717, 1.165) is 35.7 Å². The lowest BCUT2D eigenvalue weighted by Crippen LogP contribution is -2.10. The van der Waals surface area contributed by atoms with Gasteiger partial charge in [0.05, 0.1) is 25.4 Å². The molecule has 0 amide bonds. The third kappa shape index (κ3) is 3.83. The molecule has 0 atom stereocenters. The number of aliphatic hydroxyl groups excluding tert-OH is 1. The van der Waals surface area contributed by atoms with Crippen molar-refractivity contribution in [3.05, 3.63) is 54.1 Å². The number of imidazole rings is 1. The van der Waals surface area contributed by atoms with Crippen molar-refractivity contribution >= 4 is 5.82 Å². The second kappa shape index (κ2) is 7.79. The van der Waals surface area contributed by atoms with Gasteiger partial charge in [-0.3, -0.25) is 0 Å². The number of nitrogens with one attached hydrogen (secondary N) is 2. The Bertz CT molecular complexity index is 746. The molecule has 0 aliphatic rings. The van der Waals surface area contributed by atoms with E-state index in [4.69, 9.17) is 0 Å². The van der Waals surface area contributed by atoms with Crippen molar-refractivity contribution < 1.29 is 5.11 Å². The quantitative estimate of drug-likeness (QED) is 0.595. The molecular weight excluding hydrogens is 302 g/mol. The molecule has 2 heterocycles. The predicted octanol–water partition coefficient (Wildman–Crippen LogP) is 2.83. The number of rotatable bonds is 8. The van der Waals surface area contributed by atoms with E-state index in [9.17, 15) is 5.11 Å². The Labute approximate surface area is 141 Å². The average Bonchev–Trinajstić information content (AvgIpc) is 3.24. The fourth-order valence-electron chi connectivity index (χ4n) is 2.67. The van der Waals surface area contributed by atoms with Crippen LogP contribution in [0, 0.1) is 0 Å². The minimum Gasteiger partial charge on any atom is -0.394 e. The Hall–Kier alpha value is -2.60. The Morgan fingerprint density at radius 1 is 1.25 bits per heavy atom. The Balaban J connectivity index is 1.79. The number of aliphatic hydroxyl groups is 1. The summed E-state index contributed by atoms with van der Waals surface area (Å²) in [5, 5.41) is 17.2. The molecule has 24 heavy (non-hydrogen) atoms. The maximum Gasteiger partial charge on any atom is 0.125 e. The summed E-state index contributed by atoms with van der Waals surface area (Å²) < 4.78 is 1.79. The Morgan fingerprint density at radius 3 is 2.75 bits per heavy atom. The van der Waals surface area contributed by atoms with Gasteiger partial charge in [0.2, 0.25) is 0 Å². The summed E-state index contributed by atoms with van der Waals surface area (Å²) in [6, 6.07) is 10.5. The van der Waals surface area contributed by atoms with Gasteiger partial charge < -0.3 is 15.4 Å². The number of benzene rings is 1. The van der Waals surface area contributed by atoms with Crippen LogP contribution in [0.25, 0.3) is 11.3 Å². The number of aryl methyl sites for hydroxylation is 1. The largest absolute Gasteiger partial charge is 0.394 e. The molecule has 6 nitrogen and oxygen atoms in total. The first kappa shape index (κ1) is 16.3. The molecule has 3 aromatic rings. The van der Waals surface area contributed by atoms with Crippen LogP contribution in [0.1, 0.15) is 24.7 Å². The van der Waals surface area contributed by atoms with Crippen LogP contribution in [-0.4, -0.2) is 31.5 Å². The average molecular weight is 325 g/mol. The number of aromatic nitrogens is 4. The number of hydrogen-bond donors (Lipinski definition) is 3. The van der Waals surface area contributed by atoms with Gasteiger partial charge in [0.1, 0.15) is 11.6 Å². The molecule has 0 radical (unpaired) electrons. The van der Waals surface area contributed by atoms with Gasteiger partial charge in [0, 0.05) is 24.0 Å². The predicted molar refractivity (Wildman–Crippen MR) is 94.7 cm³/mol. The number of aromatic amines is 1. The van der Waals surface area contributed by atoms with Gasteiger partial charge in [0.25, 0.3) is 0 Å². The van der Waals surface area contributed by atoms with Gasteiger partial charge in [-0.05, 0) is 12.0 Å². The molecule has 0 unspecified atom stereocenters. The highest BCUT2D eigenvalue weighted by Crippen LogP contribution is 2.23. The van der Waals surface area contributed by atoms with Crippen molar-refractivity contribution in [1.82, 2.24) is 19.7 Å². The number of H-pyrrole nitrogens is 1. The van der Waals surface area contributed by atoms with E-state index in [0.29, 0.717) is 13.1 Å². The highest BCUT2D eigenvalue weighted by molar-refractivity contribution is 5.63. The van der Waals surface area contributed by atoms with Crippen LogP contribution < -0.4 is 5.32 Å². The van der Waals surface area contributed by atoms with E-state index in [-0.39, 0.29) is 6.61 Å². The molecule has 0 aliphatic heterocycles. The fraction of sp³-hybridized carbons (Fsp3) is 0.333. The summed E-state index contributed by atoms with van der Waals surface area (Å²) in [4.78, 5) is 7.26. The molecule has 1 aromatic carbocycles. The van der Waals surface area contributed by atoms with Crippen LogP contribution >= 0.6 is 0 Å². The lowest BCUT2D eigenvalue weighted by Gasteiger charge is -2.06. The summed E-state index contributed by atoms with van der Waals surface area (Å²) in [5.41, 5.74) is 3.31. The molecule has 3 rings (SSSR count). The Morgan fingerprint density at radius 2 is 2.08 bits per heavy atom. The van der Waals surface area contributed by atoms with E-state index >= 15 is 0 Å². The van der Waals surface area contributed by atoms with Crippen molar-refractivity contribution in [2.45, 2.75) is 32.9 Å². The van der Waals surface area contributed by atoms with Crippen LogP contribution in [0.3, 0.4) is 0 Å². The lowest BCUT2D eigenvalue weighted by molar-refractivity contribution is 0.270. The van der Waals surface area contributed by atoms with Crippen LogP contribution in [0.2, 0.25) is 0 Å². The first-order valence-corrected chi connectivity index (χ1v) is 8.30. The third-order valence-corrected chi connectivity index (χ3v) is 3.87. The first-order chi connectivity index (χ1) is 11.8. The second-order valence-electron chi connectivity index (χ2n) is 5.70. The summed E-state index contributed by atoms with van der Waals surface area (Å²) >= 11 is 0. The first-order valence-electron chi connectivity index (χ1n) is 8.30. The zero-order valence-electron chi connectivity index (χ0n) is 13.9. The smallest absolute Gasteiger partial charge is 0.125 e. The number of nitrogens with zero attached hydrogens (tertiary/aromatic N) is 3. The topological polar surface area (TPSA) is 78.8 Å². The lowest BCUT2D eigenvalue weighted by atomic mass is 10.1. The van der Waals surface area contributed by atoms with Gasteiger partial charge in [-0.2, -0.15) is 5.10 Å². The molecular formula is C18H23N5O. The third-order valence-electron chi connectivity index (χ3n) is 3.87. The summed E-state index contributed by atoms with van der Waals surface area (Å²) in [6.45, 7) is 3.26. The molecule has 0 saturated carbocycles. The van der Waals surface area contributed by atoms with E-state index in [2.05, 4.69) is 51.6 Å². The number of anilines is 1. The molecule has 0 aliphatic carbocycles.